The molecule has 1 amide bonds. The van der Waals surface area contributed by atoms with E-state index in [1.54, 1.807) is 11.9 Å². The number of allylic oxidation sites excluding steroid dienone is 1. The summed E-state index contributed by atoms with van der Waals surface area (Å²) in [6.07, 6.45) is 11.2. The number of carbonyl (C=O) groups is 1. The van der Waals surface area contributed by atoms with E-state index in [9.17, 15) is 17.8 Å². The van der Waals surface area contributed by atoms with Gasteiger partial charge in [-0.25, -0.2) is 8.42 Å². The molecule has 0 spiro atoms. The van der Waals surface area contributed by atoms with Crippen molar-refractivity contribution in [3.8, 4) is 0 Å². The van der Waals surface area contributed by atoms with Gasteiger partial charge in [0.1, 0.15) is 0 Å². The fourth-order valence-corrected chi connectivity index (χ4v) is 2.77. The molecule has 0 aromatic rings. The van der Waals surface area contributed by atoms with Crippen LogP contribution < -0.4 is 51.4 Å². The second-order valence-corrected chi connectivity index (χ2v) is 7.26. The van der Waals surface area contributed by atoms with Gasteiger partial charge in [0.2, 0.25) is 5.91 Å². The van der Waals surface area contributed by atoms with Gasteiger partial charge in [0, 0.05) is 25.8 Å². The van der Waals surface area contributed by atoms with E-state index < -0.39 is 10.1 Å². The van der Waals surface area contributed by atoms with Crippen LogP contribution in [0.25, 0.3) is 0 Å². The molecule has 0 saturated heterocycles. The first-order valence-corrected chi connectivity index (χ1v) is 9.73. The van der Waals surface area contributed by atoms with Gasteiger partial charge >= 0.3 is 51.4 Å². The van der Waals surface area contributed by atoms with Crippen molar-refractivity contribution in [2.75, 3.05) is 19.3 Å². The minimum Gasteiger partial charge on any atom is -0.748 e. The molecule has 130 valence electrons. The van der Waals surface area contributed by atoms with Crippen LogP contribution in [-0.2, 0) is 14.9 Å². The average Bonchev–Trinajstić information content (AvgIpc) is 2.45. The Balaban J connectivity index is 0. The van der Waals surface area contributed by atoms with Gasteiger partial charge in [-0.3, -0.25) is 4.79 Å². The maximum atomic E-state index is 11.8. The molecular weight excluding hydrogens is 341 g/mol. The van der Waals surface area contributed by atoms with Crippen molar-refractivity contribution >= 4 is 16.0 Å². The van der Waals surface area contributed by atoms with Crippen molar-refractivity contribution in [3.05, 3.63) is 12.7 Å². The Morgan fingerprint density at radius 1 is 1.04 bits per heavy atom. The number of rotatable bonds is 14. The van der Waals surface area contributed by atoms with Crippen molar-refractivity contribution in [2.24, 2.45) is 0 Å². The summed E-state index contributed by atoms with van der Waals surface area (Å²) in [6, 6.07) is 0. The van der Waals surface area contributed by atoms with E-state index >= 15 is 0 Å². The van der Waals surface area contributed by atoms with Crippen molar-refractivity contribution in [1.82, 2.24) is 4.90 Å². The van der Waals surface area contributed by atoms with Crippen molar-refractivity contribution in [2.45, 2.75) is 64.2 Å². The van der Waals surface area contributed by atoms with Gasteiger partial charge in [0.25, 0.3) is 0 Å². The number of hydrogen-bond acceptors (Lipinski definition) is 4. The number of unbranched alkanes of at least 4 members (excludes halogenated alkanes) is 7. The normalized spacial score (nSPS) is 10.9. The zero-order valence-electron chi connectivity index (χ0n) is 14.8. The Bertz CT molecular complexity index is 412. The van der Waals surface area contributed by atoms with E-state index in [4.69, 9.17) is 0 Å². The zero-order valence-corrected chi connectivity index (χ0v) is 18.7. The Hall–Kier alpha value is 0.756. The monoisotopic (exact) mass is 371 g/mol. The zero-order chi connectivity index (χ0) is 16.8. The minimum atomic E-state index is -4.13. The molecule has 0 radical (unpaired) electrons. The van der Waals surface area contributed by atoms with Crippen molar-refractivity contribution in [3.63, 3.8) is 0 Å². The van der Waals surface area contributed by atoms with E-state index in [1.807, 2.05) is 6.08 Å². The molecule has 0 unspecified atom stereocenters. The summed E-state index contributed by atoms with van der Waals surface area (Å²) in [5.74, 6) is -0.252. The Morgan fingerprint density at radius 2 is 1.61 bits per heavy atom. The molecule has 7 heteroatoms. The van der Waals surface area contributed by atoms with Crippen LogP contribution in [0.2, 0.25) is 0 Å². The molecule has 0 atom stereocenters. The second-order valence-electron chi connectivity index (χ2n) is 5.73. The van der Waals surface area contributed by atoms with Gasteiger partial charge in [-0.1, -0.05) is 31.8 Å². The molecule has 0 heterocycles. The van der Waals surface area contributed by atoms with E-state index in [2.05, 4.69) is 6.58 Å². The summed E-state index contributed by atoms with van der Waals surface area (Å²) in [4.78, 5) is 13.5. The van der Waals surface area contributed by atoms with Crippen LogP contribution in [0.3, 0.4) is 0 Å². The Kier molecular flexibility index (Phi) is 18.3. The van der Waals surface area contributed by atoms with Crippen LogP contribution in [0.1, 0.15) is 64.2 Å². The Labute approximate surface area is 184 Å². The summed E-state index contributed by atoms with van der Waals surface area (Å²) < 4.78 is 31.4. The molecule has 0 aromatic heterocycles. The predicted molar refractivity (Wildman–Crippen MR) is 88.6 cm³/mol. The molecular formula is C16H30KNO4S. The quantitative estimate of drug-likeness (QED) is 0.188. The molecule has 0 aromatic carbocycles. The topological polar surface area (TPSA) is 77.5 Å². The van der Waals surface area contributed by atoms with Gasteiger partial charge in [0.15, 0.2) is 0 Å². The third-order valence-corrected chi connectivity index (χ3v) is 4.40. The molecule has 0 aliphatic carbocycles. The third kappa shape index (κ3) is 18.9. The van der Waals surface area contributed by atoms with E-state index in [0.29, 0.717) is 25.8 Å². The van der Waals surface area contributed by atoms with E-state index in [0.717, 1.165) is 25.7 Å². The van der Waals surface area contributed by atoms with Gasteiger partial charge in [-0.2, -0.15) is 0 Å². The molecule has 0 bridgehead atoms. The second kappa shape index (κ2) is 16.2. The maximum absolute atomic E-state index is 11.8. The average molecular weight is 372 g/mol. The molecule has 0 saturated carbocycles. The number of nitrogens with zero attached hydrogens (tertiary/aromatic N) is 1. The third-order valence-electron chi connectivity index (χ3n) is 3.61. The van der Waals surface area contributed by atoms with Gasteiger partial charge in [0.05, 0.1) is 10.1 Å². The van der Waals surface area contributed by atoms with E-state index in [1.165, 1.54) is 19.3 Å². The van der Waals surface area contributed by atoms with Gasteiger partial charge in [-0.05, 0) is 32.1 Å². The molecule has 0 N–H and O–H groups in total. The molecule has 23 heavy (non-hydrogen) atoms. The van der Waals surface area contributed by atoms with Gasteiger partial charge < -0.3 is 9.45 Å². The number of carbonyl (C=O) groups excluding carboxylic acids is 1. The fraction of sp³-hybridized carbons (Fsp3) is 0.812. The largest absolute Gasteiger partial charge is 1.00 e. The molecule has 0 aliphatic rings. The first-order valence-electron chi connectivity index (χ1n) is 8.15. The summed E-state index contributed by atoms with van der Waals surface area (Å²) in [5, 5.41) is 0. The predicted octanol–water partition coefficient (Wildman–Crippen LogP) is 0.0810. The fourth-order valence-electron chi connectivity index (χ4n) is 2.22. The van der Waals surface area contributed by atoms with E-state index in [-0.39, 0.29) is 63.0 Å². The van der Waals surface area contributed by atoms with Crippen molar-refractivity contribution < 1.29 is 69.1 Å². The first kappa shape index (κ1) is 26.0. The molecule has 0 aliphatic heterocycles. The SMILES string of the molecule is C=CCCCCCCCCC(=O)N(C)CCCCS(=O)(=O)[O-].[K+]. The Morgan fingerprint density at radius 3 is 2.17 bits per heavy atom. The van der Waals surface area contributed by atoms with Crippen LogP contribution in [0.15, 0.2) is 12.7 Å². The summed E-state index contributed by atoms with van der Waals surface area (Å²) in [6.45, 7) is 4.20. The van der Waals surface area contributed by atoms with Gasteiger partial charge in [-0.15, -0.1) is 6.58 Å². The number of hydrogen-bond donors (Lipinski definition) is 0. The van der Waals surface area contributed by atoms with Crippen LogP contribution in [-0.4, -0.2) is 43.1 Å². The van der Waals surface area contributed by atoms with Crippen LogP contribution >= 0.6 is 0 Å². The molecule has 0 rings (SSSR count). The first-order chi connectivity index (χ1) is 10.4. The molecule has 5 nitrogen and oxygen atoms in total. The molecule has 0 fully saturated rings. The van der Waals surface area contributed by atoms with Crippen LogP contribution in [0.5, 0.6) is 0 Å². The minimum absolute atomic E-state index is 0. The van der Waals surface area contributed by atoms with Crippen LogP contribution in [0.4, 0.5) is 0 Å². The maximum Gasteiger partial charge on any atom is 1.00 e. The van der Waals surface area contributed by atoms with Crippen molar-refractivity contribution in [1.29, 1.82) is 0 Å². The smallest absolute Gasteiger partial charge is 0.748 e. The standard InChI is InChI=1S/C16H31NO4S.K/c1-3-4-5-6-7-8-9-10-13-16(18)17(2)14-11-12-15-22(19,20)21;/h3H,1,4-15H2,2H3,(H,19,20,21);/q;+1/p-1. The summed E-state index contributed by atoms with van der Waals surface area (Å²) in [5.41, 5.74) is 0. The number of amides is 1. The van der Waals surface area contributed by atoms with Crippen LogP contribution in [0, 0.1) is 0 Å². The summed E-state index contributed by atoms with van der Waals surface area (Å²) >= 11 is 0. The summed E-state index contributed by atoms with van der Waals surface area (Å²) in [7, 11) is -2.40.